The first-order valence-corrected chi connectivity index (χ1v) is 8.90. The van der Waals surface area contributed by atoms with Crippen molar-refractivity contribution in [3.63, 3.8) is 0 Å². The van der Waals surface area contributed by atoms with E-state index in [1.165, 1.54) is 30.4 Å². The van der Waals surface area contributed by atoms with Gasteiger partial charge in [-0.2, -0.15) is 0 Å². The normalized spacial score (nSPS) is 16.5. The number of carbonyl (C=O) groups is 2. The molecule has 0 fully saturated rings. The Morgan fingerprint density at radius 2 is 2.12 bits per heavy atom. The number of carbonyl (C=O) groups excluding carboxylic acids is 2. The molecule has 0 radical (unpaired) electrons. The van der Waals surface area contributed by atoms with E-state index in [0.717, 1.165) is 19.3 Å². The number of hydrogen-bond donors (Lipinski definition) is 2. The lowest BCUT2D eigenvalue weighted by molar-refractivity contribution is -0.120. The fourth-order valence-electron chi connectivity index (χ4n) is 2.73. The van der Waals surface area contributed by atoms with Crippen LogP contribution in [0.15, 0.2) is 35.7 Å². The number of nitrogens with zero attached hydrogens (tertiary/aromatic N) is 1. The van der Waals surface area contributed by atoms with Gasteiger partial charge < -0.3 is 10.6 Å². The van der Waals surface area contributed by atoms with Gasteiger partial charge in [0.05, 0.1) is 11.4 Å². The summed E-state index contributed by atoms with van der Waals surface area (Å²) in [5.41, 5.74) is 1.54. The molecule has 0 spiro atoms. The number of aromatic nitrogens is 1. The van der Waals surface area contributed by atoms with E-state index in [0.29, 0.717) is 22.1 Å². The number of nitrogens with one attached hydrogen (secondary N) is 2. The monoisotopic (exact) mass is 359 g/mol. The molecule has 3 rings (SSSR count). The molecule has 5 nitrogen and oxygen atoms in total. The number of amides is 2. The summed E-state index contributed by atoms with van der Waals surface area (Å²) < 4.78 is 13.5. The molecule has 7 heteroatoms. The van der Waals surface area contributed by atoms with Gasteiger partial charge in [0.1, 0.15) is 5.82 Å². The van der Waals surface area contributed by atoms with Crippen molar-refractivity contribution < 1.29 is 14.0 Å². The summed E-state index contributed by atoms with van der Waals surface area (Å²) in [5.74, 6) is -0.799. The average molecular weight is 359 g/mol. The highest BCUT2D eigenvalue weighted by Crippen LogP contribution is 2.32. The van der Waals surface area contributed by atoms with Crippen LogP contribution < -0.4 is 10.6 Å². The molecule has 1 aromatic carbocycles. The van der Waals surface area contributed by atoms with Crippen molar-refractivity contribution in [3.05, 3.63) is 41.5 Å². The number of hydrogen-bond acceptors (Lipinski definition) is 4. The van der Waals surface area contributed by atoms with Crippen molar-refractivity contribution >= 4 is 34.0 Å². The predicted molar refractivity (Wildman–Crippen MR) is 96.9 cm³/mol. The second-order valence-electron chi connectivity index (χ2n) is 5.88. The summed E-state index contributed by atoms with van der Waals surface area (Å²) in [6.45, 7) is 1.36. The zero-order valence-corrected chi connectivity index (χ0v) is 14.5. The number of anilines is 2. The quantitative estimate of drug-likeness (QED) is 0.804. The van der Waals surface area contributed by atoms with Gasteiger partial charge in [0.2, 0.25) is 11.8 Å². The van der Waals surface area contributed by atoms with Crippen molar-refractivity contribution in [2.45, 2.75) is 26.2 Å². The van der Waals surface area contributed by atoms with Crippen molar-refractivity contribution in [3.8, 4) is 11.3 Å². The second kappa shape index (κ2) is 7.57. The van der Waals surface area contributed by atoms with Crippen LogP contribution >= 0.6 is 11.3 Å². The van der Waals surface area contributed by atoms with Crippen LogP contribution in [0.1, 0.15) is 26.2 Å². The van der Waals surface area contributed by atoms with E-state index in [1.54, 1.807) is 11.4 Å². The van der Waals surface area contributed by atoms with E-state index in [9.17, 15) is 14.0 Å². The highest BCUT2D eigenvalue weighted by molar-refractivity contribution is 7.14. The number of halogens is 1. The molecule has 2 aromatic rings. The topological polar surface area (TPSA) is 71.1 Å². The van der Waals surface area contributed by atoms with Crippen LogP contribution in [0.5, 0.6) is 0 Å². The largest absolute Gasteiger partial charge is 0.326 e. The molecule has 0 saturated carbocycles. The number of thiazole rings is 1. The Balaban J connectivity index is 1.78. The highest BCUT2D eigenvalue weighted by Gasteiger charge is 2.20. The third kappa shape index (κ3) is 4.30. The zero-order chi connectivity index (χ0) is 17.8. The molecule has 1 aliphatic rings. The summed E-state index contributed by atoms with van der Waals surface area (Å²) >= 11 is 1.30. The average Bonchev–Trinajstić information content (AvgIpc) is 3.03. The third-order valence-corrected chi connectivity index (χ3v) is 4.70. The maximum Gasteiger partial charge on any atom is 0.229 e. The summed E-state index contributed by atoms with van der Waals surface area (Å²) in [6.07, 6.45) is 6.61. The third-order valence-electron chi connectivity index (χ3n) is 3.94. The molecular formula is C18H18FN3O2S. The number of benzene rings is 1. The minimum absolute atomic E-state index is 0.0295. The molecule has 1 aliphatic carbocycles. The smallest absolute Gasteiger partial charge is 0.229 e. The SMILES string of the molecule is CC(=O)Nc1cc(F)ccc1-c1csc(NC(=O)[C@@H]2CC=CCC2)n1. The molecule has 25 heavy (non-hydrogen) atoms. The summed E-state index contributed by atoms with van der Waals surface area (Å²) in [5, 5.41) is 7.72. The second-order valence-corrected chi connectivity index (χ2v) is 6.74. The maximum atomic E-state index is 13.5. The summed E-state index contributed by atoms with van der Waals surface area (Å²) in [7, 11) is 0. The van der Waals surface area contributed by atoms with Crippen LogP contribution in [-0.4, -0.2) is 16.8 Å². The first kappa shape index (κ1) is 17.3. The molecule has 2 N–H and O–H groups in total. The number of rotatable bonds is 4. The minimum Gasteiger partial charge on any atom is -0.326 e. The van der Waals surface area contributed by atoms with Crippen LogP contribution in [0.25, 0.3) is 11.3 Å². The maximum absolute atomic E-state index is 13.5. The Bertz CT molecular complexity index is 831. The fraction of sp³-hybridized carbons (Fsp3) is 0.278. The predicted octanol–water partition coefficient (Wildman–Crippen LogP) is 4.20. The minimum atomic E-state index is -0.443. The summed E-state index contributed by atoms with van der Waals surface area (Å²) in [4.78, 5) is 28.0. The molecule has 130 valence electrons. The molecule has 2 amide bonds. The Hall–Kier alpha value is -2.54. The van der Waals surface area contributed by atoms with Crippen molar-refractivity contribution in [2.24, 2.45) is 5.92 Å². The van der Waals surface area contributed by atoms with Gasteiger partial charge in [-0.1, -0.05) is 12.2 Å². The van der Waals surface area contributed by atoms with Gasteiger partial charge in [-0.3, -0.25) is 9.59 Å². The van der Waals surface area contributed by atoms with E-state index in [2.05, 4.69) is 21.7 Å². The van der Waals surface area contributed by atoms with Gasteiger partial charge in [-0.15, -0.1) is 11.3 Å². The van der Waals surface area contributed by atoms with Crippen molar-refractivity contribution in [1.29, 1.82) is 0 Å². The van der Waals surface area contributed by atoms with Gasteiger partial charge >= 0.3 is 0 Å². The lowest BCUT2D eigenvalue weighted by Gasteiger charge is -2.16. The van der Waals surface area contributed by atoms with E-state index in [-0.39, 0.29) is 17.7 Å². The molecule has 0 saturated heterocycles. The van der Waals surface area contributed by atoms with Crippen LogP contribution in [0.3, 0.4) is 0 Å². The lowest BCUT2D eigenvalue weighted by atomic mass is 9.94. The Labute approximate surface area is 149 Å². The first-order valence-electron chi connectivity index (χ1n) is 8.02. The number of allylic oxidation sites excluding steroid dienone is 2. The van der Waals surface area contributed by atoms with E-state index >= 15 is 0 Å². The van der Waals surface area contributed by atoms with E-state index < -0.39 is 5.82 Å². The van der Waals surface area contributed by atoms with Crippen LogP contribution in [-0.2, 0) is 9.59 Å². The highest BCUT2D eigenvalue weighted by atomic mass is 32.1. The van der Waals surface area contributed by atoms with Crippen molar-refractivity contribution in [2.75, 3.05) is 10.6 Å². The first-order chi connectivity index (χ1) is 12.0. The van der Waals surface area contributed by atoms with Gasteiger partial charge in [0.15, 0.2) is 5.13 Å². The lowest BCUT2D eigenvalue weighted by Crippen LogP contribution is -2.23. The molecule has 1 heterocycles. The Kier molecular flexibility index (Phi) is 5.23. The van der Waals surface area contributed by atoms with Crippen LogP contribution in [0.4, 0.5) is 15.2 Å². The van der Waals surface area contributed by atoms with Gasteiger partial charge in [-0.25, -0.2) is 9.37 Å². The Morgan fingerprint density at radius 1 is 1.28 bits per heavy atom. The molecule has 0 bridgehead atoms. The molecule has 1 aromatic heterocycles. The van der Waals surface area contributed by atoms with Gasteiger partial charge in [0, 0.05) is 23.8 Å². The van der Waals surface area contributed by atoms with Crippen molar-refractivity contribution in [1.82, 2.24) is 4.98 Å². The molecule has 0 unspecified atom stereocenters. The molecular weight excluding hydrogens is 341 g/mol. The van der Waals surface area contributed by atoms with Crippen LogP contribution in [0.2, 0.25) is 0 Å². The Morgan fingerprint density at radius 3 is 2.84 bits per heavy atom. The molecule has 0 aliphatic heterocycles. The van der Waals surface area contributed by atoms with Crippen LogP contribution in [0, 0.1) is 11.7 Å². The standard InChI is InChI=1S/C18H18FN3O2S/c1-11(23)20-15-9-13(19)7-8-14(15)16-10-25-18(21-16)22-17(24)12-5-3-2-4-6-12/h2-3,7-10,12H,4-6H2,1H3,(H,20,23)(H,21,22,24)/t12-/m1/s1. The van der Waals surface area contributed by atoms with Gasteiger partial charge in [-0.05, 0) is 37.5 Å². The molecule has 1 atom stereocenters. The van der Waals surface area contributed by atoms with E-state index in [1.807, 2.05) is 6.08 Å². The zero-order valence-electron chi connectivity index (χ0n) is 13.7. The fourth-order valence-corrected chi connectivity index (χ4v) is 3.44. The summed E-state index contributed by atoms with van der Waals surface area (Å²) in [6, 6.07) is 4.13. The van der Waals surface area contributed by atoms with Gasteiger partial charge in [0.25, 0.3) is 0 Å². The van der Waals surface area contributed by atoms with E-state index in [4.69, 9.17) is 0 Å².